The van der Waals surface area contributed by atoms with E-state index in [1.165, 1.54) is 6.42 Å². The molecule has 5 heteroatoms. The van der Waals surface area contributed by atoms with Crippen molar-refractivity contribution in [2.45, 2.75) is 37.8 Å². The van der Waals surface area contributed by atoms with Gasteiger partial charge < -0.3 is 19.2 Å². The Balaban J connectivity index is 1.64. The van der Waals surface area contributed by atoms with Crippen LogP contribution < -0.4 is 4.90 Å². The molecule has 0 amide bonds. The molecule has 1 aliphatic carbocycles. The number of rotatable bonds is 2. The number of hydrogen-bond donors (Lipinski definition) is 1. The second kappa shape index (κ2) is 5.89. The molecule has 3 atom stereocenters. The van der Waals surface area contributed by atoms with Crippen LogP contribution >= 0.6 is 0 Å². The number of aliphatic hydroxyl groups is 1. The van der Waals surface area contributed by atoms with E-state index in [0.29, 0.717) is 19.2 Å². The Morgan fingerprint density at radius 2 is 2.05 bits per heavy atom. The molecule has 2 aromatic rings. The van der Waals surface area contributed by atoms with Crippen LogP contribution in [0.2, 0.25) is 0 Å². The molecule has 0 unspecified atom stereocenters. The Labute approximate surface area is 129 Å². The zero-order valence-corrected chi connectivity index (χ0v) is 12.6. The number of hydrogen-bond acceptors (Lipinski definition) is 5. The van der Waals surface area contributed by atoms with Gasteiger partial charge in [-0.05, 0) is 25.0 Å². The lowest BCUT2D eigenvalue weighted by atomic mass is 9.81. The van der Waals surface area contributed by atoms with Crippen molar-refractivity contribution in [3.8, 4) is 0 Å². The van der Waals surface area contributed by atoms with Crippen LogP contribution in [0.15, 0.2) is 28.7 Å². The first-order valence-electron chi connectivity index (χ1n) is 8.21. The smallest absolute Gasteiger partial charge is 0.298 e. The van der Waals surface area contributed by atoms with Crippen molar-refractivity contribution in [3.05, 3.63) is 24.3 Å². The summed E-state index contributed by atoms with van der Waals surface area (Å²) in [6.45, 7) is 2.08. The fourth-order valence-corrected chi connectivity index (χ4v) is 3.79. The van der Waals surface area contributed by atoms with E-state index in [4.69, 9.17) is 9.15 Å². The molecule has 1 aromatic carbocycles. The normalized spacial score (nSPS) is 29.9. The fourth-order valence-electron chi connectivity index (χ4n) is 3.79. The Bertz CT molecular complexity index is 609. The van der Waals surface area contributed by atoms with Crippen LogP contribution in [0, 0.1) is 5.92 Å². The molecule has 1 saturated heterocycles. The first-order chi connectivity index (χ1) is 10.8. The summed E-state index contributed by atoms with van der Waals surface area (Å²) >= 11 is 0. The summed E-state index contributed by atoms with van der Waals surface area (Å²) in [6, 6.07) is 8.64. The Morgan fingerprint density at radius 1 is 1.18 bits per heavy atom. The van der Waals surface area contributed by atoms with Gasteiger partial charge in [0.05, 0.1) is 25.4 Å². The summed E-state index contributed by atoms with van der Waals surface area (Å²) in [7, 11) is 0. The summed E-state index contributed by atoms with van der Waals surface area (Å²) in [6.07, 6.45) is 4.00. The highest BCUT2D eigenvalue weighted by Crippen LogP contribution is 2.34. The van der Waals surface area contributed by atoms with Crippen LogP contribution in [-0.4, -0.2) is 42.0 Å². The van der Waals surface area contributed by atoms with E-state index >= 15 is 0 Å². The number of ether oxygens (including phenoxy) is 1. The topological polar surface area (TPSA) is 58.7 Å². The molecule has 1 N–H and O–H groups in total. The average molecular weight is 302 g/mol. The Kier molecular flexibility index (Phi) is 3.76. The van der Waals surface area contributed by atoms with Crippen molar-refractivity contribution in [1.82, 2.24) is 4.98 Å². The molecule has 0 spiro atoms. The third-order valence-corrected chi connectivity index (χ3v) is 4.97. The molecule has 22 heavy (non-hydrogen) atoms. The van der Waals surface area contributed by atoms with E-state index < -0.39 is 0 Å². The summed E-state index contributed by atoms with van der Waals surface area (Å²) in [5, 5.41) is 10.4. The number of anilines is 1. The zero-order valence-electron chi connectivity index (χ0n) is 12.6. The van der Waals surface area contributed by atoms with Crippen LogP contribution in [-0.2, 0) is 4.74 Å². The fraction of sp³-hybridized carbons (Fsp3) is 0.588. The molecule has 118 valence electrons. The molecule has 0 radical (unpaired) electrons. The molecule has 0 bridgehead atoms. The highest BCUT2D eigenvalue weighted by molar-refractivity contribution is 5.74. The zero-order chi connectivity index (χ0) is 14.9. The van der Waals surface area contributed by atoms with E-state index in [1.54, 1.807) is 0 Å². The molecule has 5 nitrogen and oxygen atoms in total. The molecular weight excluding hydrogens is 280 g/mol. The van der Waals surface area contributed by atoms with Gasteiger partial charge in [0.2, 0.25) is 0 Å². The first kappa shape index (κ1) is 14.0. The maximum absolute atomic E-state index is 10.4. The minimum absolute atomic E-state index is 0.150. The second-order valence-corrected chi connectivity index (χ2v) is 6.32. The molecule has 1 saturated carbocycles. The summed E-state index contributed by atoms with van der Waals surface area (Å²) in [5.41, 5.74) is 1.69. The number of fused-ring (bicyclic) bond motifs is 1. The highest BCUT2D eigenvalue weighted by Gasteiger charge is 2.38. The molecule has 2 heterocycles. The lowest BCUT2D eigenvalue weighted by molar-refractivity contribution is 0.00709. The summed E-state index contributed by atoms with van der Waals surface area (Å²) in [4.78, 5) is 6.83. The molecule has 4 rings (SSSR count). The third-order valence-electron chi connectivity index (χ3n) is 4.97. The summed E-state index contributed by atoms with van der Waals surface area (Å²) < 4.78 is 11.6. The number of para-hydroxylation sites is 2. The largest absolute Gasteiger partial charge is 0.423 e. The van der Waals surface area contributed by atoms with Crippen LogP contribution in [0.25, 0.3) is 11.1 Å². The number of oxazole rings is 1. The predicted molar refractivity (Wildman–Crippen MR) is 83.9 cm³/mol. The van der Waals surface area contributed by atoms with Crippen molar-refractivity contribution in [2.24, 2.45) is 5.92 Å². The van der Waals surface area contributed by atoms with Crippen molar-refractivity contribution < 1.29 is 14.3 Å². The minimum Gasteiger partial charge on any atom is -0.423 e. The molecule has 2 fully saturated rings. The maximum Gasteiger partial charge on any atom is 0.298 e. The van der Waals surface area contributed by atoms with Gasteiger partial charge in [0.25, 0.3) is 6.01 Å². The van der Waals surface area contributed by atoms with E-state index in [9.17, 15) is 5.11 Å². The molecule has 1 aromatic heterocycles. The van der Waals surface area contributed by atoms with Gasteiger partial charge in [-0.3, -0.25) is 0 Å². The number of aromatic nitrogens is 1. The van der Waals surface area contributed by atoms with Crippen LogP contribution in [0.5, 0.6) is 0 Å². The molecule has 1 aliphatic heterocycles. The van der Waals surface area contributed by atoms with Crippen LogP contribution in [0.4, 0.5) is 6.01 Å². The average Bonchev–Trinajstić information content (AvgIpc) is 2.99. The van der Waals surface area contributed by atoms with Crippen molar-refractivity contribution >= 4 is 17.1 Å². The van der Waals surface area contributed by atoms with Gasteiger partial charge in [0.1, 0.15) is 5.52 Å². The highest BCUT2D eigenvalue weighted by atomic mass is 16.5. The van der Waals surface area contributed by atoms with Crippen LogP contribution in [0.3, 0.4) is 0 Å². The van der Waals surface area contributed by atoms with E-state index in [-0.39, 0.29) is 18.1 Å². The SMILES string of the molecule is O[C@@H]1CCCC[C@H]1[C@@H]1COCCN1c1nc2ccccc2o1. The molecular formula is C17H22N2O3. The quantitative estimate of drug-likeness (QED) is 0.924. The van der Waals surface area contributed by atoms with Crippen molar-refractivity contribution in [3.63, 3.8) is 0 Å². The number of morpholine rings is 1. The van der Waals surface area contributed by atoms with E-state index in [2.05, 4.69) is 9.88 Å². The predicted octanol–water partition coefficient (Wildman–Crippen LogP) is 2.58. The number of nitrogens with zero attached hydrogens (tertiary/aromatic N) is 2. The number of benzene rings is 1. The van der Waals surface area contributed by atoms with Gasteiger partial charge in [-0.1, -0.05) is 25.0 Å². The van der Waals surface area contributed by atoms with Crippen molar-refractivity contribution in [1.29, 1.82) is 0 Å². The van der Waals surface area contributed by atoms with Crippen LogP contribution in [0.1, 0.15) is 25.7 Å². The van der Waals surface area contributed by atoms with Gasteiger partial charge in [-0.25, -0.2) is 0 Å². The Hall–Kier alpha value is -1.59. The van der Waals surface area contributed by atoms with Gasteiger partial charge in [0, 0.05) is 12.5 Å². The lowest BCUT2D eigenvalue weighted by Gasteiger charge is -2.42. The molecule has 2 aliphatic rings. The lowest BCUT2D eigenvalue weighted by Crippen LogP contribution is -2.53. The van der Waals surface area contributed by atoms with E-state index in [1.807, 2.05) is 24.3 Å². The monoisotopic (exact) mass is 302 g/mol. The Morgan fingerprint density at radius 3 is 2.91 bits per heavy atom. The standard InChI is InChI=1S/C17H22N2O3/c20-15-7-3-1-5-12(15)14-11-21-10-9-19(14)17-18-13-6-2-4-8-16(13)22-17/h2,4,6,8,12,14-15,20H,1,3,5,7,9-11H2/t12-,14-,15+/m0/s1. The minimum atomic E-state index is -0.243. The maximum atomic E-state index is 10.4. The summed E-state index contributed by atoms with van der Waals surface area (Å²) in [5.74, 6) is 0.240. The second-order valence-electron chi connectivity index (χ2n) is 6.32. The van der Waals surface area contributed by atoms with Gasteiger partial charge in [-0.2, -0.15) is 4.98 Å². The van der Waals surface area contributed by atoms with Gasteiger partial charge in [-0.15, -0.1) is 0 Å². The van der Waals surface area contributed by atoms with Gasteiger partial charge >= 0.3 is 0 Å². The van der Waals surface area contributed by atoms with E-state index in [0.717, 1.165) is 36.9 Å². The third kappa shape index (κ3) is 2.48. The van der Waals surface area contributed by atoms with Crippen molar-refractivity contribution in [2.75, 3.05) is 24.7 Å². The first-order valence-corrected chi connectivity index (χ1v) is 8.21. The number of aliphatic hydroxyl groups excluding tert-OH is 1. The van der Waals surface area contributed by atoms with Gasteiger partial charge in [0.15, 0.2) is 5.58 Å².